The molecule has 3 aromatic carbocycles. The van der Waals surface area contributed by atoms with Gasteiger partial charge in [-0.15, -0.1) is 0 Å². The Hall–Kier alpha value is -4.37. The number of thiazole rings is 1. The summed E-state index contributed by atoms with van der Waals surface area (Å²) in [6.45, 7) is 6.78. The number of benzene rings is 3. The molecule has 4 heterocycles. The van der Waals surface area contributed by atoms with Crippen LogP contribution >= 0.6 is 22.9 Å². The number of rotatable bonds is 9. The second kappa shape index (κ2) is 14.6. The van der Waals surface area contributed by atoms with E-state index in [9.17, 15) is 9.18 Å². The maximum Gasteiger partial charge on any atom is 0.410 e. The Morgan fingerprint density at radius 1 is 0.980 bits per heavy atom. The molecule has 11 nitrogen and oxygen atoms in total. The quantitative estimate of drug-likeness (QED) is 0.189. The van der Waals surface area contributed by atoms with E-state index in [4.69, 9.17) is 31.8 Å². The largest absolute Gasteiger partial charge is 0.463 e. The number of hydrogen-bond donors (Lipinski definition) is 2. The number of nitrogens with two attached hydrogens (primary N) is 1. The lowest BCUT2D eigenvalue weighted by Gasteiger charge is -2.35. The van der Waals surface area contributed by atoms with E-state index in [-0.39, 0.29) is 44.1 Å². The summed E-state index contributed by atoms with van der Waals surface area (Å²) < 4.78 is 43.1. The first-order chi connectivity index (χ1) is 23.9. The van der Waals surface area contributed by atoms with Gasteiger partial charge in [-0.3, -0.25) is 0 Å². The highest BCUT2D eigenvalue weighted by Gasteiger charge is 2.28. The summed E-state index contributed by atoms with van der Waals surface area (Å²) in [6, 6.07) is 13.8. The summed E-state index contributed by atoms with van der Waals surface area (Å²) in [5.74, 6) is -0.775. The van der Waals surface area contributed by atoms with Gasteiger partial charge in [-0.1, -0.05) is 53.3 Å². The van der Waals surface area contributed by atoms with Crippen molar-refractivity contribution in [2.45, 2.75) is 13.0 Å². The number of piperazine rings is 2. The summed E-state index contributed by atoms with van der Waals surface area (Å²) in [6.07, 6.45) is 0.338. The first-order valence-corrected chi connectivity index (χ1v) is 17.4. The fourth-order valence-electron chi connectivity index (χ4n) is 6.20. The topological polar surface area (TPSA) is 122 Å². The van der Waals surface area contributed by atoms with Crippen LogP contribution in [0.15, 0.2) is 48.5 Å². The smallest absolute Gasteiger partial charge is 0.410 e. The molecule has 49 heavy (non-hydrogen) atoms. The predicted octanol–water partition coefficient (Wildman–Crippen LogP) is 5.55. The van der Waals surface area contributed by atoms with Crippen LogP contribution in [-0.2, 0) is 11.3 Å². The minimum Gasteiger partial charge on any atom is -0.463 e. The van der Waals surface area contributed by atoms with E-state index >= 15 is 4.39 Å². The first-order valence-electron chi connectivity index (χ1n) is 16.2. The average Bonchev–Trinajstić information content (AvgIpc) is 3.53. The fourth-order valence-corrected chi connectivity index (χ4v) is 7.26. The SMILES string of the molecule is Nc1nc2c(-c3c(Cl)cc4c(N5CCN(C(=O)OCc6ccccc6)CC5)nc(OCCCN5CCNCC5)nc4c3F)ccc(F)c2s1. The second-order valence-electron chi connectivity index (χ2n) is 11.9. The molecule has 2 saturated heterocycles. The van der Waals surface area contributed by atoms with Crippen LogP contribution in [-0.4, -0.2) is 96.4 Å². The van der Waals surface area contributed by atoms with Crippen molar-refractivity contribution in [2.75, 3.05) is 76.1 Å². The van der Waals surface area contributed by atoms with Crippen molar-refractivity contribution >= 4 is 61.1 Å². The van der Waals surface area contributed by atoms with E-state index < -0.39 is 17.7 Å². The Morgan fingerprint density at radius 3 is 2.53 bits per heavy atom. The third-order valence-corrected chi connectivity index (χ3v) is 9.92. The summed E-state index contributed by atoms with van der Waals surface area (Å²) in [5, 5.41) is 3.97. The molecule has 0 atom stereocenters. The molecule has 5 aromatic rings. The minimum atomic E-state index is -0.709. The molecule has 15 heteroatoms. The van der Waals surface area contributed by atoms with Crippen molar-refractivity contribution in [2.24, 2.45) is 0 Å². The summed E-state index contributed by atoms with van der Waals surface area (Å²) in [5.41, 5.74) is 7.37. The Labute approximate surface area is 290 Å². The van der Waals surface area contributed by atoms with Gasteiger partial charge in [0.2, 0.25) is 0 Å². The maximum absolute atomic E-state index is 16.7. The Bertz CT molecular complexity index is 1970. The van der Waals surface area contributed by atoms with Crippen LogP contribution in [0, 0.1) is 11.6 Å². The molecule has 0 spiro atoms. The number of carbonyl (C=O) groups is 1. The number of hydrogen-bond acceptors (Lipinski definition) is 11. The van der Waals surface area contributed by atoms with E-state index in [2.05, 4.69) is 20.2 Å². The van der Waals surface area contributed by atoms with Crippen molar-refractivity contribution in [1.29, 1.82) is 0 Å². The van der Waals surface area contributed by atoms with Gasteiger partial charge in [0.15, 0.2) is 10.9 Å². The minimum absolute atomic E-state index is 0.00637. The zero-order chi connectivity index (χ0) is 33.9. The van der Waals surface area contributed by atoms with Gasteiger partial charge >= 0.3 is 12.1 Å². The molecule has 7 rings (SSSR count). The van der Waals surface area contributed by atoms with Crippen LogP contribution in [0.1, 0.15) is 12.0 Å². The molecule has 2 aliphatic heterocycles. The van der Waals surface area contributed by atoms with Crippen LogP contribution in [0.3, 0.4) is 0 Å². The number of halogens is 3. The molecule has 0 aliphatic carbocycles. The Kier molecular flexibility index (Phi) is 9.89. The lowest BCUT2D eigenvalue weighted by atomic mass is 10.0. The number of nitrogens with one attached hydrogen (secondary N) is 1. The highest BCUT2D eigenvalue weighted by atomic mass is 35.5. The molecule has 2 fully saturated rings. The van der Waals surface area contributed by atoms with Crippen LogP contribution in [0.5, 0.6) is 6.01 Å². The zero-order valence-corrected chi connectivity index (χ0v) is 28.2. The third-order valence-electron chi connectivity index (χ3n) is 8.73. The van der Waals surface area contributed by atoms with Crippen molar-refractivity contribution in [3.8, 4) is 17.1 Å². The Morgan fingerprint density at radius 2 is 1.76 bits per heavy atom. The van der Waals surface area contributed by atoms with Crippen molar-refractivity contribution in [1.82, 2.24) is 30.1 Å². The van der Waals surface area contributed by atoms with Gasteiger partial charge in [0, 0.05) is 75.4 Å². The van der Waals surface area contributed by atoms with E-state index in [0.29, 0.717) is 49.6 Å². The maximum atomic E-state index is 16.7. The van der Waals surface area contributed by atoms with Gasteiger partial charge < -0.3 is 35.2 Å². The molecule has 0 unspecified atom stereocenters. The lowest BCUT2D eigenvalue weighted by Crippen LogP contribution is -2.49. The van der Waals surface area contributed by atoms with Gasteiger partial charge in [-0.2, -0.15) is 9.97 Å². The highest BCUT2D eigenvalue weighted by Crippen LogP contribution is 2.42. The van der Waals surface area contributed by atoms with Crippen molar-refractivity contribution < 1.29 is 23.0 Å². The molecule has 256 valence electrons. The number of amides is 1. The number of aromatic nitrogens is 3. The molecule has 1 amide bonds. The lowest BCUT2D eigenvalue weighted by molar-refractivity contribution is 0.0941. The second-order valence-corrected chi connectivity index (χ2v) is 13.3. The molecular formula is C34H35ClF2N8O3S. The van der Waals surface area contributed by atoms with Crippen LogP contribution in [0.25, 0.3) is 32.2 Å². The summed E-state index contributed by atoms with van der Waals surface area (Å²) >= 11 is 7.78. The Balaban J connectivity index is 1.17. The van der Waals surface area contributed by atoms with E-state index in [1.165, 1.54) is 12.1 Å². The van der Waals surface area contributed by atoms with E-state index in [1.807, 2.05) is 35.2 Å². The average molecular weight is 709 g/mol. The monoisotopic (exact) mass is 708 g/mol. The van der Waals surface area contributed by atoms with Gasteiger partial charge in [0.25, 0.3) is 0 Å². The molecule has 0 radical (unpaired) electrons. The first kappa shape index (κ1) is 33.1. The number of nitrogens with zero attached hydrogens (tertiary/aromatic N) is 6. The molecule has 3 N–H and O–H groups in total. The number of anilines is 2. The van der Waals surface area contributed by atoms with Crippen molar-refractivity contribution in [3.05, 3.63) is 70.8 Å². The number of carbonyl (C=O) groups excluding carboxylic acids is 1. The van der Waals surface area contributed by atoms with Gasteiger partial charge in [0.05, 0.1) is 21.8 Å². The predicted molar refractivity (Wildman–Crippen MR) is 187 cm³/mol. The standard InChI is InChI=1S/C34H35ClF2N8O3S/c35-24-19-23-28(27(37)26(24)22-7-8-25(36)30-29(22)40-32(38)49-30)41-33(47-18-4-11-43-12-9-39-10-13-43)42-31(23)44-14-16-45(17-15-44)34(46)48-20-21-5-2-1-3-6-21/h1-3,5-8,19,39H,4,9-18,20H2,(H2,38,40). The fraction of sp³-hybridized carbons (Fsp3) is 0.353. The highest BCUT2D eigenvalue weighted by molar-refractivity contribution is 7.22. The number of nitrogen functional groups attached to an aromatic ring is 1. The van der Waals surface area contributed by atoms with E-state index in [0.717, 1.165) is 56.0 Å². The molecule has 2 aliphatic rings. The van der Waals surface area contributed by atoms with Crippen LogP contribution in [0.4, 0.5) is 24.5 Å². The van der Waals surface area contributed by atoms with Gasteiger partial charge in [-0.25, -0.2) is 18.6 Å². The van der Waals surface area contributed by atoms with Crippen molar-refractivity contribution in [3.63, 3.8) is 0 Å². The van der Waals surface area contributed by atoms with Gasteiger partial charge in [-0.05, 0) is 30.2 Å². The molecule has 0 saturated carbocycles. The summed E-state index contributed by atoms with van der Waals surface area (Å²) in [4.78, 5) is 32.3. The van der Waals surface area contributed by atoms with Crippen LogP contribution in [0.2, 0.25) is 5.02 Å². The normalized spacial score (nSPS) is 15.7. The molecule has 0 bridgehead atoms. The van der Waals surface area contributed by atoms with Crippen LogP contribution < -0.4 is 20.7 Å². The number of ether oxygens (including phenoxy) is 2. The van der Waals surface area contributed by atoms with E-state index in [1.54, 1.807) is 11.0 Å². The third kappa shape index (κ3) is 7.18. The molecule has 2 aromatic heterocycles. The molecular weight excluding hydrogens is 674 g/mol. The van der Waals surface area contributed by atoms with Gasteiger partial charge in [0.1, 0.15) is 23.8 Å². The zero-order valence-electron chi connectivity index (χ0n) is 26.6. The number of fused-ring (bicyclic) bond motifs is 2. The summed E-state index contributed by atoms with van der Waals surface area (Å²) in [7, 11) is 0.